The van der Waals surface area contributed by atoms with Crippen LogP contribution in [0.2, 0.25) is 0 Å². The van der Waals surface area contributed by atoms with E-state index in [2.05, 4.69) is 5.32 Å². The maximum atomic E-state index is 13.9. The van der Waals surface area contributed by atoms with Gasteiger partial charge < -0.3 is 47.9 Å². The van der Waals surface area contributed by atoms with Gasteiger partial charge in [-0.25, -0.2) is 8.98 Å². The lowest BCUT2D eigenvalue weighted by Crippen LogP contribution is -2.69. The molecular weight excluding hydrogens is 899 g/mol. The Kier molecular flexibility index (Phi) is 18.4. The Balaban J connectivity index is 1.31. The number of ether oxygens (including phenoxy) is 9. The Morgan fingerprint density at radius 2 is 1.04 bits per heavy atom. The number of benzene rings is 5. The Morgan fingerprint density at radius 3 is 1.53 bits per heavy atom. The number of amides is 1. The SMILES string of the molecule is COC(=O)[C@H]1O[C@@H](O[C@@H]2[C@@H](NC(C)=O)[C@H](OCc3ccccc3)O[C@H](COCc3ccc(C)cc3)[C@H]2OCc2ccccc2)[C@H](OS(=O)(=O)O)[C@@H](OCc2ccccc2)[C@@H]1OCc1ccccc1. The van der Waals surface area contributed by atoms with E-state index in [9.17, 15) is 22.6 Å². The summed E-state index contributed by atoms with van der Waals surface area (Å²) in [6.07, 6.45) is -13.0. The van der Waals surface area contributed by atoms with Gasteiger partial charge in [0, 0.05) is 6.92 Å². The van der Waals surface area contributed by atoms with Crippen LogP contribution in [0.5, 0.6) is 0 Å². The van der Waals surface area contributed by atoms with Crippen LogP contribution in [0.25, 0.3) is 0 Å². The highest BCUT2D eigenvalue weighted by Gasteiger charge is 2.57. The monoisotopic (exact) mass is 955 g/mol. The largest absolute Gasteiger partial charge is 0.467 e. The topological polar surface area (TPSA) is 193 Å². The second kappa shape index (κ2) is 24.7. The van der Waals surface area contributed by atoms with E-state index in [-0.39, 0.29) is 39.6 Å². The maximum absolute atomic E-state index is 13.9. The molecule has 0 aliphatic carbocycles. The zero-order chi connectivity index (χ0) is 47.9. The van der Waals surface area contributed by atoms with E-state index in [1.165, 1.54) is 6.92 Å². The number of carbonyl (C=O) groups is 2. The van der Waals surface area contributed by atoms with Crippen molar-refractivity contribution in [3.8, 4) is 0 Å². The lowest BCUT2D eigenvalue weighted by molar-refractivity contribution is -0.349. The number of esters is 1. The highest BCUT2D eigenvalue weighted by atomic mass is 32.3. The summed E-state index contributed by atoms with van der Waals surface area (Å²) in [5, 5.41) is 2.91. The van der Waals surface area contributed by atoms with Crippen LogP contribution in [-0.4, -0.2) is 99.9 Å². The molecule has 2 fully saturated rings. The van der Waals surface area contributed by atoms with Crippen molar-refractivity contribution in [1.29, 1.82) is 0 Å². The number of nitrogens with one attached hydrogen (secondary N) is 1. The number of hydrogen-bond acceptors (Lipinski definition) is 14. The van der Waals surface area contributed by atoms with E-state index >= 15 is 0 Å². The zero-order valence-electron chi connectivity index (χ0n) is 37.9. The van der Waals surface area contributed by atoms with Crippen LogP contribution < -0.4 is 5.32 Å². The van der Waals surface area contributed by atoms with Crippen LogP contribution in [-0.2, 0) is 99.8 Å². The van der Waals surface area contributed by atoms with Gasteiger partial charge in [0.15, 0.2) is 24.8 Å². The lowest BCUT2D eigenvalue weighted by Gasteiger charge is -2.49. The predicted octanol–water partition coefficient (Wildman–Crippen LogP) is 6.19. The molecule has 0 bridgehead atoms. The molecule has 0 saturated carbocycles. The average Bonchev–Trinajstić information content (AvgIpc) is 3.34. The van der Waals surface area contributed by atoms with E-state index in [0.717, 1.165) is 29.4 Å². The molecule has 5 aromatic rings. The summed E-state index contributed by atoms with van der Waals surface area (Å²) in [5.41, 5.74) is 4.94. The fourth-order valence-corrected chi connectivity index (χ4v) is 8.44. The van der Waals surface area contributed by atoms with E-state index in [1.54, 1.807) is 48.5 Å². The van der Waals surface area contributed by atoms with E-state index in [4.69, 9.17) is 46.8 Å². The Labute approximate surface area is 396 Å². The average molecular weight is 956 g/mol. The molecule has 0 spiro atoms. The quantitative estimate of drug-likeness (QED) is 0.0590. The molecule has 5 aromatic carbocycles. The number of rotatable bonds is 22. The van der Waals surface area contributed by atoms with Crippen LogP contribution in [0.1, 0.15) is 40.3 Å². The second-order valence-corrected chi connectivity index (χ2v) is 17.4. The van der Waals surface area contributed by atoms with Crippen molar-refractivity contribution in [2.75, 3.05) is 13.7 Å². The second-order valence-electron chi connectivity index (χ2n) is 16.4. The maximum Gasteiger partial charge on any atom is 0.397 e. The summed E-state index contributed by atoms with van der Waals surface area (Å²) in [6, 6.07) is 43.3. The van der Waals surface area contributed by atoms with E-state index in [0.29, 0.717) is 11.1 Å². The minimum atomic E-state index is -5.32. The first-order valence-electron chi connectivity index (χ1n) is 22.2. The molecule has 2 heterocycles. The molecule has 16 nitrogen and oxygen atoms in total. The van der Waals surface area contributed by atoms with Gasteiger partial charge in [0.25, 0.3) is 0 Å². The summed E-state index contributed by atoms with van der Waals surface area (Å²) in [7, 11) is -4.17. The standard InChI is InChI=1S/C51H57NO15S/c1-34-24-26-40(27-25-34)28-59-33-41-43(60-29-36-16-8-4-9-17-36)44(42(52-35(2)53)50(64-41)63-32-39-22-14-7-15-23-39)65-51-48(67-68(55,56)57)46(62-31-38-20-12-6-13-21-38)45(47(66-51)49(54)58-3)61-30-37-18-10-5-11-19-37/h4-27,41-48,50-51H,28-33H2,1-3H3,(H,52,53)(H,55,56,57)/t41-,42-,43-,44-,45+,46+,47+,48-,50-,51-/m1/s1. The molecular formula is C51H57NO15S. The fraction of sp³-hybridized carbons (Fsp3) is 0.373. The lowest BCUT2D eigenvalue weighted by atomic mass is 9.94. The highest BCUT2D eigenvalue weighted by molar-refractivity contribution is 7.80. The van der Waals surface area contributed by atoms with Crippen LogP contribution in [0.4, 0.5) is 0 Å². The molecule has 2 saturated heterocycles. The van der Waals surface area contributed by atoms with Crippen molar-refractivity contribution in [3.05, 3.63) is 179 Å². The van der Waals surface area contributed by atoms with Gasteiger partial charge in [0.2, 0.25) is 5.91 Å². The smallest absolute Gasteiger partial charge is 0.397 e. The first-order chi connectivity index (χ1) is 32.9. The molecule has 68 heavy (non-hydrogen) atoms. The molecule has 0 unspecified atom stereocenters. The van der Waals surface area contributed by atoms with Crippen molar-refractivity contribution < 1.29 is 69.4 Å². The van der Waals surface area contributed by atoms with Crippen LogP contribution in [0, 0.1) is 6.92 Å². The van der Waals surface area contributed by atoms with Gasteiger partial charge in [-0.15, -0.1) is 0 Å². The molecule has 10 atom stereocenters. The molecule has 1 amide bonds. The van der Waals surface area contributed by atoms with Gasteiger partial charge in [-0.2, -0.15) is 8.42 Å². The van der Waals surface area contributed by atoms with Gasteiger partial charge in [-0.3, -0.25) is 9.35 Å². The molecule has 0 radical (unpaired) electrons. The minimum absolute atomic E-state index is 0.0188. The van der Waals surface area contributed by atoms with Crippen molar-refractivity contribution in [1.82, 2.24) is 5.32 Å². The predicted molar refractivity (Wildman–Crippen MR) is 245 cm³/mol. The van der Waals surface area contributed by atoms with Crippen LogP contribution in [0.3, 0.4) is 0 Å². The number of hydrogen-bond donors (Lipinski definition) is 2. The van der Waals surface area contributed by atoms with E-state index in [1.807, 2.05) is 104 Å². The molecule has 2 aliphatic rings. The zero-order valence-corrected chi connectivity index (χ0v) is 38.8. The molecule has 7 rings (SSSR count). The number of methoxy groups -OCH3 is 1. The number of carbonyl (C=O) groups excluding carboxylic acids is 2. The van der Waals surface area contributed by atoms with E-state index < -0.39 is 83.6 Å². The molecule has 2 N–H and O–H groups in total. The van der Waals surface area contributed by atoms with Crippen molar-refractivity contribution >= 4 is 22.3 Å². The highest BCUT2D eigenvalue weighted by Crippen LogP contribution is 2.36. The van der Waals surface area contributed by atoms with Gasteiger partial charge in [0.05, 0.1) is 46.8 Å². The van der Waals surface area contributed by atoms with Crippen molar-refractivity contribution in [3.63, 3.8) is 0 Å². The molecule has 2 aliphatic heterocycles. The number of aryl methyl sites for hydroxylation is 1. The third kappa shape index (κ3) is 14.6. The van der Waals surface area contributed by atoms with Crippen LogP contribution in [0.15, 0.2) is 146 Å². The molecule has 17 heteroatoms. The summed E-state index contributed by atoms with van der Waals surface area (Å²) < 4.78 is 99.2. The normalized spacial score (nSPS) is 25.1. The van der Waals surface area contributed by atoms with Crippen molar-refractivity contribution in [2.24, 2.45) is 0 Å². The Bertz CT molecular complexity index is 2420. The van der Waals surface area contributed by atoms with Gasteiger partial charge in [-0.1, -0.05) is 151 Å². The third-order valence-corrected chi connectivity index (χ3v) is 11.7. The van der Waals surface area contributed by atoms with Crippen molar-refractivity contribution in [2.45, 2.75) is 108 Å². The Morgan fingerprint density at radius 1 is 0.574 bits per heavy atom. The first-order valence-corrected chi connectivity index (χ1v) is 23.5. The molecule has 0 aromatic heterocycles. The minimum Gasteiger partial charge on any atom is -0.467 e. The summed E-state index contributed by atoms with van der Waals surface area (Å²) in [6.45, 7) is 3.25. The summed E-state index contributed by atoms with van der Waals surface area (Å²) in [4.78, 5) is 27.1. The van der Waals surface area contributed by atoms with Gasteiger partial charge >= 0.3 is 16.4 Å². The summed E-state index contributed by atoms with van der Waals surface area (Å²) in [5.74, 6) is -1.42. The Hall–Kier alpha value is -5.41. The van der Waals surface area contributed by atoms with Gasteiger partial charge in [0.1, 0.15) is 36.6 Å². The van der Waals surface area contributed by atoms with Crippen LogP contribution >= 0.6 is 0 Å². The third-order valence-electron chi connectivity index (χ3n) is 11.3. The fourth-order valence-electron chi connectivity index (χ4n) is 7.96. The first kappa shape index (κ1) is 50.5. The molecule has 362 valence electrons. The van der Waals surface area contributed by atoms with Gasteiger partial charge in [-0.05, 0) is 34.7 Å². The summed E-state index contributed by atoms with van der Waals surface area (Å²) >= 11 is 0.